The van der Waals surface area contributed by atoms with Crippen LogP contribution in [0.25, 0.3) is 0 Å². The van der Waals surface area contributed by atoms with Crippen LogP contribution in [0.3, 0.4) is 0 Å². The molecule has 0 amide bonds. The summed E-state index contributed by atoms with van der Waals surface area (Å²) in [7, 11) is 0.391. The molecule has 0 aromatic heterocycles. The Hall–Kier alpha value is 0.270. The Morgan fingerprint density at radius 2 is 0.944 bits per heavy atom. The molecule has 110 valence electrons. The van der Waals surface area contributed by atoms with Crippen LogP contribution in [0.5, 0.6) is 0 Å². The van der Waals surface area contributed by atoms with Gasteiger partial charge in [-0.15, -0.1) is 20.3 Å². The van der Waals surface area contributed by atoms with Crippen LogP contribution in [0.15, 0.2) is 0 Å². The summed E-state index contributed by atoms with van der Waals surface area (Å²) in [5.41, 5.74) is 0. The lowest BCUT2D eigenvalue weighted by molar-refractivity contribution is 0.577. The van der Waals surface area contributed by atoms with Gasteiger partial charge in [-0.1, -0.05) is 41.5 Å². The first-order chi connectivity index (χ1) is 8.31. The lowest BCUT2D eigenvalue weighted by atomic mass is 10.2. The van der Waals surface area contributed by atoms with E-state index in [0.29, 0.717) is 17.8 Å². The van der Waals surface area contributed by atoms with Gasteiger partial charge in [-0.2, -0.15) is 0 Å². The Labute approximate surface area is 115 Å². The van der Waals surface area contributed by atoms with E-state index in [2.05, 4.69) is 61.9 Å². The molecule has 0 fully saturated rings. The van der Waals surface area contributed by atoms with E-state index in [1.165, 1.54) is 0 Å². The zero-order chi connectivity index (χ0) is 14.2. The summed E-state index contributed by atoms with van der Waals surface area (Å²) in [6.07, 6.45) is 0. The summed E-state index contributed by atoms with van der Waals surface area (Å²) in [5, 5.41) is 14.5. The second-order valence-electron chi connectivity index (χ2n) is 6.16. The molecule has 0 radical (unpaired) electrons. The van der Waals surface area contributed by atoms with Crippen LogP contribution in [0.4, 0.5) is 0 Å². The van der Waals surface area contributed by atoms with Gasteiger partial charge in [-0.3, -0.25) is 0 Å². The van der Waals surface area contributed by atoms with Crippen LogP contribution >= 0.6 is 7.87 Å². The third kappa shape index (κ3) is 8.39. The van der Waals surface area contributed by atoms with Crippen molar-refractivity contribution in [3.05, 3.63) is 0 Å². The molecule has 4 nitrogen and oxygen atoms in total. The van der Waals surface area contributed by atoms with E-state index in [9.17, 15) is 0 Å². The highest BCUT2D eigenvalue weighted by Crippen LogP contribution is 2.40. The molecule has 0 saturated heterocycles. The molecule has 5 heteroatoms. The fourth-order valence-corrected chi connectivity index (χ4v) is 4.09. The Balaban J connectivity index is 4.49. The van der Waals surface area contributed by atoms with Gasteiger partial charge in [0.25, 0.3) is 7.87 Å². The second kappa shape index (κ2) is 9.22. The van der Waals surface area contributed by atoms with Gasteiger partial charge in [0.2, 0.25) is 0 Å². The highest BCUT2D eigenvalue weighted by molar-refractivity contribution is 7.68. The van der Waals surface area contributed by atoms with Gasteiger partial charge in [0.1, 0.15) is 0 Å². The predicted molar refractivity (Wildman–Crippen MR) is 84.5 cm³/mol. The first-order valence-corrected chi connectivity index (χ1v) is 8.93. The molecular formula is C13H34N4P+. The van der Waals surface area contributed by atoms with Crippen LogP contribution in [0, 0.1) is 17.8 Å². The van der Waals surface area contributed by atoms with Crippen molar-refractivity contribution >= 4 is 7.87 Å². The number of rotatable bonds is 10. The maximum atomic E-state index is 3.67. The number of hydrogen-bond donors (Lipinski definition) is 4. The van der Waals surface area contributed by atoms with Gasteiger partial charge < -0.3 is 0 Å². The Kier molecular flexibility index (Phi) is 9.36. The van der Waals surface area contributed by atoms with Crippen LogP contribution in [0.2, 0.25) is 0 Å². The highest BCUT2D eigenvalue weighted by atomic mass is 31.2. The molecule has 0 bridgehead atoms. The molecule has 4 N–H and O–H groups in total. The second-order valence-corrected chi connectivity index (χ2v) is 8.90. The standard InChI is InChI=1S/C13H34N4P/c1-11(2)8-15-18(14-7,16-9-12(3)4)17-10-13(5)6/h11-17H,8-10H2,1-7H3/q+1. The van der Waals surface area contributed by atoms with Gasteiger partial charge in [0.05, 0.1) is 0 Å². The Morgan fingerprint density at radius 1 is 0.667 bits per heavy atom. The molecule has 0 aliphatic carbocycles. The minimum atomic E-state index is -1.64. The van der Waals surface area contributed by atoms with Gasteiger partial charge >= 0.3 is 0 Å². The van der Waals surface area contributed by atoms with Crippen molar-refractivity contribution in [1.82, 2.24) is 20.3 Å². The van der Waals surface area contributed by atoms with Crippen LogP contribution < -0.4 is 20.3 Å². The third-order valence-corrected chi connectivity index (χ3v) is 5.19. The average Bonchev–Trinajstić information content (AvgIpc) is 2.28. The largest absolute Gasteiger partial charge is 0.297 e. The monoisotopic (exact) mass is 277 g/mol. The van der Waals surface area contributed by atoms with E-state index in [1.807, 2.05) is 7.05 Å². The molecule has 0 rings (SSSR count). The fourth-order valence-electron chi connectivity index (χ4n) is 1.36. The molecule has 0 spiro atoms. The predicted octanol–water partition coefficient (Wildman–Crippen LogP) is 2.62. The van der Waals surface area contributed by atoms with Gasteiger partial charge in [-0.25, -0.2) is 0 Å². The first kappa shape index (κ1) is 18.3. The Morgan fingerprint density at radius 3 is 1.11 bits per heavy atom. The zero-order valence-electron chi connectivity index (χ0n) is 13.3. The Bertz CT molecular complexity index is 176. The summed E-state index contributed by atoms with van der Waals surface area (Å²) >= 11 is 0. The van der Waals surface area contributed by atoms with Crippen molar-refractivity contribution in [3.63, 3.8) is 0 Å². The van der Waals surface area contributed by atoms with Crippen molar-refractivity contribution in [3.8, 4) is 0 Å². The third-order valence-electron chi connectivity index (χ3n) is 2.55. The summed E-state index contributed by atoms with van der Waals surface area (Å²) < 4.78 is 0. The molecule has 0 aromatic carbocycles. The zero-order valence-corrected chi connectivity index (χ0v) is 14.2. The lowest BCUT2D eigenvalue weighted by Gasteiger charge is -2.28. The quantitative estimate of drug-likeness (QED) is 0.464. The topological polar surface area (TPSA) is 48.1 Å². The maximum Gasteiger partial charge on any atom is 0.297 e. The first-order valence-electron chi connectivity index (χ1n) is 7.14. The maximum absolute atomic E-state index is 3.67. The molecule has 0 heterocycles. The minimum Gasteiger partial charge on any atom is -0.149 e. The fraction of sp³-hybridized carbons (Fsp3) is 1.00. The molecule has 0 unspecified atom stereocenters. The minimum absolute atomic E-state index is 0.652. The van der Waals surface area contributed by atoms with Crippen molar-refractivity contribution in [2.24, 2.45) is 17.8 Å². The lowest BCUT2D eigenvalue weighted by Crippen LogP contribution is -2.47. The van der Waals surface area contributed by atoms with Crippen molar-refractivity contribution in [2.75, 3.05) is 26.7 Å². The van der Waals surface area contributed by atoms with E-state index in [-0.39, 0.29) is 0 Å². The molecular weight excluding hydrogens is 243 g/mol. The number of nitrogens with one attached hydrogen (secondary N) is 4. The van der Waals surface area contributed by atoms with Crippen LogP contribution in [0.1, 0.15) is 41.5 Å². The number of hydrogen-bond acceptors (Lipinski definition) is 4. The van der Waals surface area contributed by atoms with Gasteiger partial charge in [0.15, 0.2) is 0 Å². The van der Waals surface area contributed by atoms with Gasteiger partial charge in [-0.05, 0) is 17.8 Å². The molecule has 0 aromatic rings. The van der Waals surface area contributed by atoms with E-state index in [4.69, 9.17) is 0 Å². The summed E-state index contributed by atoms with van der Waals surface area (Å²) in [4.78, 5) is 0. The van der Waals surface area contributed by atoms with Crippen LogP contribution in [-0.2, 0) is 0 Å². The van der Waals surface area contributed by atoms with E-state index in [0.717, 1.165) is 19.6 Å². The highest BCUT2D eigenvalue weighted by Gasteiger charge is 2.36. The molecule has 0 aliphatic rings. The average molecular weight is 277 g/mol. The molecule has 0 aliphatic heterocycles. The van der Waals surface area contributed by atoms with Crippen molar-refractivity contribution in [1.29, 1.82) is 0 Å². The van der Waals surface area contributed by atoms with E-state index in [1.54, 1.807) is 0 Å². The summed E-state index contributed by atoms with van der Waals surface area (Å²) in [5.74, 6) is 1.96. The molecule has 18 heavy (non-hydrogen) atoms. The van der Waals surface area contributed by atoms with Gasteiger partial charge in [0, 0.05) is 26.7 Å². The van der Waals surface area contributed by atoms with Crippen molar-refractivity contribution < 1.29 is 0 Å². The SMILES string of the molecule is CN[P+](NCC(C)C)(NCC(C)C)NCC(C)C. The van der Waals surface area contributed by atoms with Crippen molar-refractivity contribution in [2.45, 2.75) is 41.5 Å². The molecule has 0 atom stereocenters. The van der Waals surface area contributed by atoms with E-state index < -0.39 is 7.87 Å². The van der Waals surface area contributed by atoms with Crippen LogP contribution in [-0.4, -0.2) is 26.7 Å². The summed E-state index contributed by atoms with van der Waals surface area (Å²) in [6.45, 7) is 16.5. The van der Waals surface area contributed by atoms with E-state index >= 15 is 0 Å². The normalized spacial score (nSPS) is 13.0. The molecule has 0 saturated carbocycles. The smallest absolute Gasteiger partial charge is 0.149 e. The summed E-state index contributed by atoms with van der Waals surface area (Å²) in [6, 6.07) is 0.